The summed E-state index contributed by atoms with van der Waals surface area (Å²) in [6, 6.07) is 55.3. The molecule has 9 aromatic rings. The van der Waals surface area contributed by atoms with E-state index in [1.165, 1.54) is 22.3 Å². The van der Waals surface area contributed by atoms with Gasteiger partial charge in [-0.25, -0.2) is 4.98 Å². The van der Waals surface area contributed by atoms with E-state index in [-0.39, 0.29) is 26.5 Å². The number of hydrogen-bond donors (Lipinski definition) is 0. The minimum atomic E-state index is -0.0206. The van der Waals surface area contributed by atoms with Gasteiger partial charge in [-0.3, -0.25) is 4.57 Å². The Morgan fingerprint density at radius 3 is 2.20 bits per heavy atom. The summed E-state index contributed by atoms with van der Waals surface area (Å²) in [6.45, 7) is 8.83. The van der Waals surface area contributed by atoms with Gasteiger partial charge in [0.15, 0.2) is 0 Å². The molecular weight excluding hydrogens is 856 g/mol. The number of hydrogen-bond acceptors (Lipinski definition) is 2. The van der Waals surface area contributed by atoms with E-state index in [4.69, 9.17) is 9.72 Å². The summed E-state index contributed by atoms with van der Waals surface area (Å²) >= 11 is 0. The summed E-state index contributed by atoms with van der Waals surface area (Å²) in [4.78, 5) is 4.84. The Morgan fingerprint density at radius 1 is 0.673 bits per heavy atom. The van der Waals surface area contributed by atoms with Crippen LogP contribution in [0.1, 0.15) is 31.9 Å². The van der Waals surface area contributed by atoms with E-state index in [0.29, 0.717) is 11.5 Å². The number of benzene rings is 6. The Hall–Kier alpha value is -6.03. The fourth-order valence-electron chi connectivity index (χ4n) is 7.21. The van der Waals surface area contributed by atoms with Crippen LogP contribution in [-0.4, -0.2) is 14.1 Å². The number of imidazole rings is 1. The first-order valence-corrected chi connectivity index (χ1v) is 18.2. The zero-order chi connectivity index (χ0) is 36.8. The van der Waals surface area contributed by atoms with Gasteiger partial charge in [-0.1, -0.05) is 117 Å². The van der Waals surface area contributed by atoms with Gasteiger partial charge in [-0.05, 0) is 75.5 Å². The number of aromatic nitrogens is 4. The predicted molar refractivity (Wildman–Crippen MR) is 217 cm³/mol. The molecule has 272 valence electrons. The Labute approximate surface area is 336 Å². The smallest absolute Gasteiger partial charge is 0.267 e. The van der Waals surface area contributed by atoms with Crippen molar-refractivity contribution < 1.29 is 30.4 Å². The van der Waals surface area contributed by atoms with E-state index in [1.807, 2.05) is 64.1 Å². The number of para-hydroxylation sites is 1. The molecule has 0 aliphatic heterocycles. The zero-order valence-electron chi connectivity index (χ0n) is 31.0. The van der Waals surface area contributed by atoms with Gasteiger partial charge in [0.2, 0.25) is 0 Å². The SMILES string of the molecule is Cc1c(-c2ccccc2)cccc1-[n+]1[c-]n(-c2[c-]c(Oc3[c-]c4c(cc3)c3ccccc3n4-c3cc(C(C)(C)C)ccn3)cc(-c3ccccc3)c2)cc1.[Pt]. The summed E-state index contributed by atoms with van der Waals surface area (Å²) in [5.74, 6) is 2.02. The molecule has 5 nitrogen and oxygen atoms in total. The van der Waals surface area contributed by atoms with Gasteiger partial charge in [0.25, 0.3) is 6.33 Å². The largest absolute Gasteiger partial charge is 0.510 e. The summed E-state index contributed by atoms with van der Waals surface area (Å²) < 4.78 is 12.9. The van der Waals surface area contributed by atoms with E-state index in [0.717, 1.165) is 50.1 Å². The van der Waals surface area contributed by atoms with Crippen LogP contribution >= 0.6 is 0 Å². The molecule has 0 amide bonds. The van der Waals surface area contributed by atoms with Crippen LogP contribution < -0.4 is 9.30 Å². The van der Waals surface area contributed by atoms with Crippen molar-refractivity contribution in [2.75, 3.05) is 0 Å². The van der Waals surface area contributed by atoms with Crippen molar-refractivity contribution in [3.8, 4) is 50.9 Å². The molecule has 0 saturated carbocycles. The maximum absolute atomic E-state index is 6.67. The molecule has 0 aliphatic rings. The van der Waals surface area contributed by atoms with Gasteiger partial charge in [-0.15, -0.1) is 35.2 Å². The predicted octanol–water partition coefficient (Wildman–Crippen LogP) is 11.4. The Kier molecular flexibility index (Phi) is 9.59. The molecule has 0 atom stereocenters. The van der Waals surface area contributed by atoms with E-state index >= 15 is 0 Å². The van der Waals surface area contributed by atoms with Crippen LogP contribution in [0.25, 0.3) is 61.3 Å². The monoisotopic (exact) mass is 893 g/mol. The minimum Gasteiger partial charge on any atom is -0.510 e. The molecule has 0 spiro atoms. The molecule has 0 radical (unpaired) electrons. The van der Waals surface area contributed by atoms with Crippen molar-refractivity contribution in [3.05, 3.63) is 188 Å². The van der Waals surface area contributed by atoms with E-state index in [2.05, 4.69) is 154 Å². The van der Waals surface area contributed by atoms with Gasteiger partial charge >= 0.3 is 0 Å². The number of ether oxygens (including phenoxy) is 1. The summed E-state index contributed by atoms with van der Waals surface area (Å²) in [5.41, 5.74) is 10.7. The molecular formula is C49H38N4OPt-2. The third kappa shape index (κ3) is 6.93. The zero-order valence-corrected chi connectivity index (χ0v) is 33.3. The van der Waals surface area contributed by atoms with Crippen molar-refractivity contribution in [3.63, 3.8) is 0 Å². The van der Waals surface area contributed by atoms with Crippen molar-refractivity contribution in [2.24, 2.45) is 0 Å². The molecule has 3 aromatic heterocycles. The number of rotatable bonds is 7. The first-order chi connectivity index (χ1) is 26.3. The second kappa shape index (κ2) is 14.7. The normalized spacial score (nSPS) is 11.5. The van der Waals surface area contributed by atoms with Crippen LogP contribution in [0, 0.1) is 25.4 Å². The van der Waals surface area contributed by atoms with Crippen LogP contribution in [0.3, 0.4) is 0 Å². The van der Waals surface area contributed by atoms with Crippen LogP contribution in [0.2, 0.25) is 0 Å². The summed E-state index contributed by atoms with van der Waals surface area (Å²) in [6.07, 6.45) is 9.48. The van der Waals surface area contributed by atoms with Crippen LogP contribution in [0.4, 0.5) is 0 Å². The van der Waals surface area contributed by atoms with Gasteiger partial charge in [-0.2, -0.15) is 12.1 Å². The van der Waals surface area contributed by atoms with Gasteiger partial charge in [0, 0.05) is 56.7 Å². The second-order valence-electron chi connectivity index (χ2n) is 14.6. The molecule has 3 heterocycles. The molecule has 6 heteroatoms. The molecule has 0 bridgehead atoms. The fourth-order valence-corrected chi connectivity index (χ4v) is 7.21. The molecule has 6 aromatic carbocycles. The standard InChI is InChI=1S/C49H38N4O.Pt/c1-34-42(36-16-9-6-10-17-36)19-13-21-45(34)52-27-26-51(33-52)39-28-37(35-14-7-5-8-15-35)29-41(31-39)54-40-22-23-44-43-18-11-12-20-46(43)53(47(44)32-40)48-30-38(24-25-50-48)49(2,3)4;/h5-30H,1-4H3;/q-2;. The van der Waals surface area contributed by atoms with Gasteiger partial charge < -0.3 is 13.9 Å². The van der Waals surface area contributed by atoms with E-state index in [1.54, 1.807) is 0 Å². The third-order valence-electron chi connectivity index (χ3n) is 10.0. The molecule has 55 heavy (non-hydrogen) atoms. The number of pyridine rings is 1. The maximum atomic E-state index is 6.67. The fraction of sp³-hybridized carbons (Fsp3) is 0.102. The van der Waals surface area contributed by atoms with Crippen molar-refractivity contribution in [1.29, 1.82) is 0 Å². The molecule has 0 N–H and O–H groups in total. The average Bonchev–Trinajstić information content (AvgIpc) is 3.82. The second-order valence-corrected chi connectivity index (χ2v) is 14.6. The van der Waals surface area contributed by atoms with Crippen LogP contribution in [0.15, 0.2) is 158 Å². The Bertz CT molecular complexity index is 2800. The molecule has 0 unspecified atom stereocenters. The summed E-state index contributed by atoms with van der Waals surface area (Å²) in [5, 5.41) is 2.22. The third-order valence-corrected chi connectivity index (χ3v) is 10.0. The van der Waals surface area contributed by atoms with E-state index < -0.39 is 0 Å². The Balaban J connectivity index is 0.00000427. The van der Waals surface area contributed by atoms with Gasteiger partial charge in [0.1, 0.15) is 5.82 Å². The number of fused-ring (bicyclic) bond motifs is 3. The topological polar surface area (TPSA) is 35.9 Å². The first kappa shape index (κ1) is 36.0. The van der Waals surface area contributed by atoms with Crippen molar-refractivity contribution >= 4 is 21.8 Å². The van der Waals surface area contributed by atoms with Gasteiger partial charge in [0.05, 0.1) is 5.69 Å². The van der Waals surface area contributed by atoms with Crippen LogP contribution in [0.5, 0.6) is 11.5 Å². The molecule has 9 rings (SSSR count). The Morgan fingerprint density at radius 2 is 1.42 bits per heavy atom. The molecule has 0 aliphatic carbocycles. The average molecular weight is 894 g/mol. The van der Waals surface area contributed by atoms with E-state index in [9.17, 15) is 0 Å². The number of nitrogens with zero attached hydrogens (tertiary/aromatic N) is 4. The summed E-state index contributed by atoms with van der Waals surface area (Å²) in [7, 11) is 0. The van der Waals surface area contributed by atoms with Crippen molar-refractivity contribution in [1.82, 2.24) is 14.1 Å². The minimum absolute atomic E-state index is 0. The first-order valence-electron chi connectivity index (χ1n) is 18.2. The maximum Gasteiger partial charge on any atom is 0.267 e. The molecule has 0 fully saturated rings. The van der Waals surface area contributed by atoms with Crippen molar-refractivity contribution in [2.45, 2.75) is 33.1 Å². The molecule has 0 saturated heterocycles. The van der Waals surface area contributed by atoms with Crippen LogP contribution in [-0.2, 0) is 26.5 Å². The quantitative estimate of drug-likeness (QED) is 0.118.